The summed E-state index contributed by atoms with van der Waals surface area (Å²) in [5, 5.41) is 7.89. The van der Waals surface area contributed by atoms with E-state index < -0.39 is 10.0 Å². The third-order valence-electron chi connectivity index (χ3n) is 2.76. The molecule has 0 aromatic carbocycles. The van der Waals surface area contributed by atoms with E-state index in [9.17, 15) is 13.2 Å². The van der Waals surface area contributed by atoms with Crippen LogP contribution in [0.1, 0.15) is 35.3 Å². The summed E-state index contributed by atoms with van der Waals surface area (Å²) in [5.41, 5.74) is 0. The van der Waals surface area contributed by atoms with Crippen LogP contribution in [0.25, 0.3) is 0 Å². The molecule has 0 aliphatic heterocycles. The molecule has 0 radical (unpaired) electrons. The van der Waals surface area contributed by atoms with Crippen LogP contribution in [0, 0.1) is 12.8 Å². The van der Waals surface area contributed by atoms with Crippen molar-refractivity contribution < 1.29 is 13.2 Å². The second kappa shape index (κ2) is 5.38. The molecule has 0 bridgehead atoms. The Labute approximate surface area is 111 Å². The van der Waals surface area contributed by atoms with Gasteiger partial charge in [0.1, 0.15) is 0 Å². The van der Waals surface area contributed by atoms with Gasteiger partial charge >= 0.3 is 0 Å². The molecule has 1 unspecified atom stereocenters. The largest absolute Gasteiger partial charge is 0.349 e. The molecule has 0 spiro atoms. The Bertz CT molecular complexity index is 547. The molecule has 1 aromatic rings. The van der Waals surface area contributed by atoms with E-state index in [2.05, 4.69) is 5.32 Å². The second-order valence-corrected chi connectivity index (χ2v) is 7.37. The van der Waals surface area contributed by atoms with Gasteiger partial charge < -0.3 is 5.32 Å². The number of nitrogens with two attached hydrogens (primary N) is 1. The van der Waals surface area contributed by atoms with Crippen molar-refractivity contribution in [3.8, 4) is 0 Å². The Balaban J connectivity index is 2.96. The summed E-state index contributed by atoms with van der Waals surface area (Å²) in [4.78, 5) is 12.8. The van der Waals surface area contributed by atoms with Crippen molar-refractivity contribution in [2.45, 2.75) is 38.6 Å². The Hall–Kier alpha value is -0.920. The Morgan fingerprint density at radius 3 is 2.33 bits per heavy atom. The molecule has 18 heavy (non-hydrogen) atoms. The van der Waals surface area contributed by atoms with Gasteiger partial charge in [0, 0.05) is 10.9 Å². The first-order valence-corrected chi connectivity index (χ1v) is 7.93. The van der Waals surface area contributed by atoms with E-state index in [1.807, 2.05) is 20.8 Å². The number of hydrogen-bond donors (Lipinski definition) is 2. The highest BCUT2D eigenvalue weighted by molar-refractivity contribution is 7.89. The summed E-state index contributed by atoms with van der Waals surface area (Å²) in [5.74, 6) is 0.0481. The van der Waals surface area contributed by atoms with Crippen molar-refractivity contribution in [3.63, 3.8) is 0 Å². The molecule has 1 amide bonds. The number of thiophene rings is 1. The lowest BCUT2D eigenvalue weighted by atomic mass is 10.1. The zero-order valence-electron chi connectivity index (χ0n) is 10.9. The molecule has 0 saturated heterocycles. The maximum atomic E-state index is 11.9. The number of primary sulfonamides is 1. The number of nitrogens with one attached hydrogen (secondary N) is 1. The molecule has 1 atom stereocenters. The lowest BCUT2D eigenvalue weighted by Gasteiger charge is -2.16. The van der Waals surface area contributed by atoms with Gasteiger partial charge in [-0.3, -0.25) is 4.79 Å². The zero-order chi connectivity index (χ0) is 14.1. The van der Waals surface area contributed by atoms with E-state index in [1.165, 1.54) is 6.07 Å². The van der Waals surface area contributed by atoms with Crippen LogP contribution in [-0.4, -0.2) is 20.4 Å². The molecule has 0 aliphatic rings. The number of carbonyl (C=O) groups is 1. The standard InChI is InChI=1S/C11H18N2O3S2/c1-6(2)7(3)13-11(14)9-5-10(8(4)17-9)18(12,15)16/h5-7H,1-4H3,(H,13,14)(H2,12,15,16). The van der Waals surface area contributed by atoms with E-state index in [4.69, 9.17) is 5.14 Å². The molecule has 5 nitrogen and oxygen atoms in total. The van der Waals surface area contributed by atoms with Crippen LogP contribution in [0.15, 0.2) is 11.0 Å². The van der Waals surface area contributed by atoms with Crippen LogP contribution in [-0.2, 0) is 10.0 Å². The summed E-state index contributed by atoms with van der Waals surface area (Å²) in [6.07, 6.45) is 0. The third-order valence-corrected chi connectivity index (χ3v) is 4.98. The minimum absolute atomic E-state index is 0.0230. The molecular formula is C11H18N2O3S2. The van der Waals surface area contributed by atoms with Crippen LogP contribution in [0.5, 0.6) is 0 Å². The normalized spacial score (nSPS) is 13.7. The van der Waals surface area contributed by atoms with E-state index in [1.54, 1.807) is 6.92 Å². The molecule has 1 aromatic heterocycles. The molecule has 0 fully saturated rings. The highest BCUT2D eigenvalue weighted by Crippen LogP contribution is 2.24. The van der Waals surface area contributed by atoms with Crippen molar-refractivity contribution in [2.75, 3.05) is 0 Å². The minimum atomic E-state index is -3.76. The van der Waals surface area contributed by atoms with Gasteiger partial charge in [-0.1, -0.05) is 13.8 Å². The summed E-state index contributed by atoms with van der Waals surface area (Å²) < 4.78 is 22.5. The van der Waals surface area contributed by atoms with Crippen molar-refractivity contribution in [1.82, 2.24) is 5.32 Å². The first kappa shape index (κ1) is 15.1. The smallest absolute Gasteiger partial charge is 0.261 e. The summed E-state index contributed by atoms with van der Waals surface area (Å²) >= 11 is 1.13. The maximum absolute atomic E-state index is 11.9. The fraction of sp³-hybridized carbons (Fsp3) is 0.545. The van der Waals surface area contributed by atoms with Crippen molar-refractivity contribution >= 4 is 27.3 Å². The highest BCUT2D eigenvalue weighted by atomic mass is 32.2. The zero-order valence-corrected chi connectivity index (χ0v) is 12.5. The van der Waals surface area contributed by atoms with Gasteiger partial charge in [-0.05, 0) is 25.8 Å². The van der Waals surface area contributed by atoms with E-state index >= 15 is 0 Å². The van der Waals surface area contributed by atoms with Gasteiger partial charge in [-0.25, -0.2) is 13.6 Å². The van der Waals surface area contributed by atoms with Crippen molar-refractivity contribution in [2.24, 2.45) is 11.1 Å². The number of rotatable bonds is 4. The summed E-state index contributed by atoms with van der Waals surface area (Å²) in [6.45, 7) is 7.54. The van der Waals surface area contributed by atoms with E-state index in [-0.39, 0.29) is 16.8 Å². The van der Waals surface area contributed by atoms with Crippen LogP contribution in [0.2, 0.25) is 0 Å². The Kier molecular flexibility index (Phi) is 4.52. The van der Waals surface area contributed by atoms with Crippen LogP contribution >= 0.6 is 11.3 Å². The quantitative estimate of drug-likeness (QED) is 0.880. The van der Waals surface area contributed by atoms with Crippen molar-refractivity contribution in [3.05, 3.63) is 15.8 Å². The predicted octanol–water partition coefficient (Wildman–Crippen LogP) is 1.48. The van der Waals surface area contributed by atoms with Crippen LogP contribution < -0.4 is 10.5 Å². The third kappa shape index (κ3) is 3.54. The Morgan fingerprint density at radius 1 is 1.39 bits per heavy atom. The first-order chi connectivity index (χ1) is 8.12. The average molecular weight is 290 g/mol. The molecule has 3 N–H and O–H groups in total. The monoisotopic (exact) mass is 290 g/mol. The van der Waals surface area contributed by atoms with Gasteiger partial charge in [0.15, 0.2) is 0 Å². The molecular weight excluding hydrogens is 272 g/mol. The van der Waals surface area contributed by atoms with Gasteiger partial charge in [-0.2, -0.15) is 0 Å². The molecule has 7 heteroatoms. The SMILES string of the molecule is Cc1sc(C(=O)NC(C)C(C)C)cc1S(N)(=O)=O. The van der Waals surface area contributed by atoms with Gasteiger partial charge in [-0.15, -0.1) is 11.3 Å². The topological polar surface area (TPSA) is 89.3 Å². The lowest BCUT2D eigenvalue weighted by molar-refractivity contribution is 0.0934. The van der Waals surface area contributed by atoms with Crippen LogP contribution in [0.3, 0.4) is 0 Å². The van der Waals surface area contributed by atoms with Gasteiger partial charge in [0.05, 0.1) is 9.77 Å². The lowest BCUT2D eigenvalue weighted by Crippen LogP contribution is -2.35. The number of aryl methyl sites for hydroxylation is 1. The summed E-state index contributed by atoms with van der Waals surface area (Å²) in [6, 6.07) is 1.36. The second-order valence-electron chi connectivity index (χ2n) is 4.58. The Morgan fingerprint density at radius 2 is 1.94 bits per heavy atom. The molecule has 0 saturated carbocycles. The summed E-state index contributed by atoms with van der Waals surface area (Å²) in [7, 11) is -3.76. The van der Waals surface area contributed by atoms with Gasteiger partial charge in [0.2, 0.25) is 10.0 Å². The molecule has 1 rings (SSSR count). The molecule has 0 aliphatic carbocycles. The van der Waals surface area contributed by atoms with E-state index in [0.29, 0.717) is 15.7 Å². The molecule has 102 valence electrons. The van der Waals surface area contributed by atoms with Crippen molar-refractivity contribution in [1.29, 1.82) is 0 Å². The minimum Gasteiger partial charge on any atom is -0.349 e. The fourth-order valence-electron chi connectivity index (χ4n) is 1.30. The van der Waals surface area contributed by atoms with Gasteiger partial charge in [0.25, 0.3) is 5.91 Å². The predicted molar refractivity (Wildman–Crippen MR) is 72.2 cm³/mol. The highest BCUT2D eigenvalue weighted by Gasteiger charge is 2.20. The number of carbonyl (C=O) groups excluding carboxylic acids is 1. The average Bonchev–Trinajstić information content (AvgIpc) is 2.59. The number of sulfonamides is 1. The fourth-order valence-corrected chi connectivity index (χ4v) is 3.35. The number of hydrogen-bond acceptors (Lipinski definition) is 4. The van der Waals surface area contributed by atoms with Crippen LogP contribution in [0.4, 0.5) is 0 Å². The molecule has 1 heterocycles. The number of amides is 1. The first-order valence-electron chi connectivity index (χ1n) is 5.57. The van der Waals surface area contributed by atoms with E-state index in [0.717, 1.165) is 11.3 Å². The maximum Gasteiger partial charge on any atom is 0.261 e.